The topological polar surface area (TPSA) is 59.4 Å². The fourth-order valence-electron chi connectivity index (χ4n) is 1.74. The Labute approximate surface area is 99.3 Å². The number of aromatic nitrogens is 1. The zero-order valence-electron chi connectivity index (χ0n) is 9.46. The number of carboxylic acids is 1. The lowest BCUT2D eigenvalue weighted by Crippen LogP contribution is -2.05. The summed E-state index contributed by atoms with van der Waals surface area (Å²) in [7, 11) is 1.48. The highest BCUT2D eigenvalue weighted by Crippen LogP contribution is 2.25. The van der Waals surface area contributed by atoms with Crippen LogP contribution in [0.5, 0.6) is 5.88 Å². The Kier molecular flexibility index (Phi) is 3.23. The number of hydrogen-bond acceptors (Lipinski definition) is 3. The Morgan fingerprint density at radius 1 is 1.47 bits per heavy atom. The third kappa shape index (κ3) is 2.53. The Hall–Kier alpha value is -2.10. The summed E-state index contributed by atoms with van der Waals surface area (Å²) in [5.74, 6) is -0.515. The highest BCUT2D eigenvalue weighted by atomic mass is 16.5. The minimum atomic E-state index is -0.970. The van der Waals surface area contributed by atoms with Gasteiger partial charge in [-0.1, -0.05) is 24.3 Å². The predicted molar refractivity (Wildman–Crippen MR) is 63.4 cm³/mol. The molecule has 1 unspecified atom stereocenters. The number of methoxy groups -OCH3 is 1. The molecule has 1 aliphatic carbocycles. The van der Waals surface area contributed by atoms with Crippen LogP contribution in [0.25, 0.3) is 0 Å². The van der Waals surface area contributed by atoms with Gasteiger partial charge in [-0.15, -0.1) is 0 Å². The molecule has 2 rings (SSSR count). The molecule has 0 fully saturated rings. The van der Waals surface area contributed by atoms with Crippen LogP contribution in [0.1, 0.15) is 28.4 Å². The molecule has 1 aromatic heterocycles. The zero-order valence-corrected chi connectivity index (χ0v) is 9.46. The number of carboxylic acid groups (broad SMARTS) is 1. The van der Waals surface area contributed by atoms with E-state index in [0.717, 1.165) is 12.1 Å². The van der Waals surface area contributed by atoms with E-state index >= 15 is 0 Å². The molecule has 0 bridgehead atoms. The predicted octanol–water partition coefficient (Wildman–Crippen LogP) is 2.39. The van der Waals surface area contributed by atoms with Crippen LogP contribution in [0.3, 0.4) is 0 Å². The zero-order chi connectivity index (χ0) is 12.3. The summed E-state index contributed by atoms with van der Waals surface area (Å²) in [5, 5.41) is 9.01. The van der Waals surface area contributed by atoms with Crippen LogP contribution in [-0.4, -0.2) is 23.2 Å². The average molecular weight is 231 g/mol. The van der Waals surface area contributed by atoms with Crippen LogP contribution >= 0.6 is 0 Å². The molecule has 88 valence electrons. The summed E-state index contributed by atoms with van der Waals surface area (Å²) in [5.41, 5.74) is 0.928. The SMILES string of the molecule is COc1cc(C(=O)O)cc(C2C=CC=CC2)n1. The van der Waals surface area contributed by atoms with Gasteiger partial charge in [0.05, 0.1) is 18.4 Å². The van der Waals surface area contributed by atoms with Gasteiger partial charge in [0.15, 0.2) is 0 Å². The van der Waals surface area contributed by atoms with Crippen molar-refractivity contribution in [3.8, 4) is 5.88 Å². The highest BCUT2D eigenvalue weighted by Gasteiger charge is 2.15. The maximum absolute atomic E-state index is 11.0. The second-order valence-corrected chi connectivity index (χ2v) is 3.78. The summed E-state index contributed by atoms with van der Waals surface area (Å²) >= 11 is 0. The summed E-state index contributed by atoms with van der Waals surface area (Å²) in [4.78, 5) is 15.3. The molecular formula is C13H13NO3. The van der Waals surface area contributed by atoms with E-state index in [0.29, 0.717) is 5.88 Å². The molecule has 0 saturated carbocycles. The van der Waals surface area contributed by atoms with E-state index in [2.05, 4.69) is 4.98 Å². The number of carbonyl (C=O) groups is 1. The molecule has 1 aliphatic rings. The summed E-state index contributed by atoms with van der Waals surface area (Å²) in [6.07, 6.45) is 8.78. The third-order valence-corrected chi connectivity index (χ3v) is 2.64. The first-order valence-electron chi connectivity index (χ1n) is 5.33. The minimum absolute atomic E-state index is 0.119. The smallest absolute Gasteiger partial charge is 0.335 e. The molecule has 4 heteroatoms. The number of hydrogen-bond donors (Lipinski definition) is 1. The molecular weight excluding hydrogens is 218 g/mol. The largest absolute Gasteiger partial charge is 0.481 e. The first-order chi connectivity index (χ1) is 8.20. The average Bonchev–Trinajstić information content (AvgIpc) is 2.39. The van der Waals surface area contributed by atoms with Crippen molar-refractivity contribution < 1.29 is 14.6 Å². The van der Waals surface area contributed by atoms with Gasteiger partial charge in [0.1, 0.15) is 0 Å². The lowest BCUT2D eigenvalue weighted by molar-refractivity contribution is 0.0696. The second kappa shape index (κ2) is 4.82. The molecule has 0 radical (unpaired) electrons. The maximum atomic E-state index is 11.0. The van der Waals surface area contributed by atoms with E-state index < -0.39 is 5.97 Å². The van der Waals surface area contributed by atoms with Crippen molar-refractivity contribution in [1.82, 2.24) is 4.98 Å². The minimum Gasteiger partial charge on any atom is -0.481 e. The highest BCUT2D eigenvalue weighted by molar-refractivity contribution is 5.88. The van der Waals surface area contributed by atoms with Gasteiger partial charge in [-0.3, -0.25) is 0 Å². The van der Waals surface area contributed by atoms with Gasteiger partial charge >= 0.3 is 5.97 Å². The first kappa shape index (κ1) is 11.4. The molecule has 0 spiro atoms. The number of ether oxygens (including phenoxy) is 1. The molecule has 1 aromatic rings. The van der Waals surface area contributed by atoms with E-state index in [1.807, 2.05) is 24.3 Å². The molecule has 17 heavy (non-hydrogen) atoms. The molecule has 4 nitrogen and oxygen atoms in total. The molecule has 0 aliphatic heterocycles. The lowest BCUT2D eigenvalue weighted by Gasteiger charge is -2.14. The molecule has 0 aromatic carbocycles. The van der Waals surface area contributed by atoms with Gasteiger partial charge in [-0.2, -0.15) is 0 Å². The molecule has 0 saturated heterocycles. The quantitative estimate of drug-likeness (QED) is 0.867. The number of pyridine rings is 1. The summed E-state index contributed by atoms with van der Waals surface area (Å²) in [6.45, 7) is 0. The fourth-order valence-corrected chi connectivity index (χ4v) is 1.74. The van der Waals surface area contributed by atoms with Crippen molar-refractivity contribution in [3.63, 3.8) is 0 Å². The van der Waals surface area contributed by atoms with Gasteiger partial charge in [0.25, 0.3) is 0 Å². The van der Waals surface area contributed by atoms with Crippen LogP contribution in [0.4, 0.5) is 0 Å². The Balaban J connectivity index is 2.39. The van der Waals surface area contributed by atoms with E-state index in [1.54, 1.807) is 6.07 Å². The van der Waals surface area contributed by atoms with Crippen molar-refractivity contribution in [2.24, 2.45) is 0 Å². The molecule has 0 amide bonds. The van der Waals surface area contributed by atoms with E-state index in [-0.39, 0.29) is 11.5 Å². The third-order valence-electron chi connectivity index (χ3n) is 2.64. The first-order valence-corrected chi connectivity index (χ1v) is 5.33. The number of allylic oxidation sites excluding steroid dienone is 4. The Morgan fingerprint density at radius 3 is 2.88 bits per heavy atom. The van der Waals surface area contributed by atoms with Crippen molar-refractivity contribution >= 4 is 5.97 Å². The van der Waals surface area contributed by atoms with Gasteiger partial charge in [-0.25, -0.2) is 9.78 Å². The van der Waals surface area contributed by atoms with Crippen LogP contribution in [0, 0.1) is 0 Å². The van der Waals surface area contributed by atoms with Gasteiger partial charge < -0.3 is 9.84 Å². The van der Waals surface area contributed by atoms with Crippen LogP contribution in [0.2, 0.25) is 0 Å². The van der Waals surface area contributed by atoms with E-state index in [4.69, 9.17) is 9.84 Å². The molecule has 1 atom stereocenters. The summed E-state index contributed by atoms with van der Waals surface area (Å²) < 4.78 is 5.02. The van der Waals surface area contributed by atoms with Crippen LogP contribution in [-0.2, 0) is 0 Å². The van der Waals surface area contributed by atoms with Crippen molar-refractivity contribution in [2.75, 3.05) is 7.11 Å². The van der Waals surface area contributed by atoms with E-state index in [9.17, 15) is 4.79 Å². The van der Waals surface area contributed by atoms with Crippen molar-refractivity contribution in [3.05, 3.63) is 47.7 Å². The lowest BCUT2D eigenvalue weighted by atomic mass is 9.96. The summed E-state index contributed by atoms with van der Waals surface area (Å²) in [6, 6.07) is 3.02. The standard InChI is InChI=1S/C13H13NO3/c1-17-12-8-10(13(15)16)7-11(14-12)9-5-3-2-4-6-9/h2-5,7-9H,6H2,1H3,(H,15,16). The van der Waals surface area contributed by atoms with Gasteiger partial charge in [-0.05, 0) is 12.5 Å². The molecule has 1 N–H and O–H groups in total. The number of nitrogens with zero attached hydrogens (tertiary/aromatic N) is 1. The number of rotatable bonds is 3. The van der Waals surface area contributed by atoms with Crippen molar-refractivity contribution in [2.45, 2.75) is 12.3 Å². The number of aromatic carboxylic acids is 1. The van der Waals surface area contributed by atoms with Crippen LogP contribution in [0.15, 0.2) is 36.4 Å². The monoisotopic (exact) mass is 231 g/mol. The Morgan fingerprint density at radius 2 is 2.29 bits per heavy atom. The Bertz CT molecular complexity index is 491. The second-order valence-electron chi connectivity index (χ2n) is 3.78. The van der Waals surface area contributed by atoms with E-state index in [1.165, 1.54) is 13.2 Å². The maximum Gasteiger partial charge on any atom is 0.335 e. The normalized spacial score (nSPS) is 18.1. The van der Waals surface area contributed by atoms with Gasteiger partial charge in [0.2, 0.25) is 5.88 Å². The molecule has 1 heterocycles. The van der Waals surface area contributed by atoms with Gasteiger partial charge in [0, 0.05) is 12.0 Å². The van der Waals surface area contributed by atoms with Crippen molar-refractivity contribution in [1.29, 1.82) is 0 Å². The van der Waals surface area contributed by atoms with Crippen LogP contribution < -0.4 is 4.74 Å². The fraction of sp³-hybridized carbons (Fsp3) is 0.231.